The molecule has 0 aromatic heterocycles. The van der Waals surface area contributed by atoms with E-state index < -0.39 is 37.2 Å². The number of likely N-dealkylation sites (tertiary alicyclic amines) is 1. The average Bonchev–Trinajstić information content (AvgIpc) is 2.42. The lowest BCUT2D eigenvalue weighted by atomic mass is 10.2. The highest BCUT2D eigenvalue weighted by Crippen LogP contribution is 2.16. The van der Waals surface area contributed by atoms with Gasteiger partial charge in [0.1, 0.15) is 12.6 Å². The van der Waals surface area contributed by atoms with Gasteiger partial charge in [0.05, 0.1) is 6.54 Å². The maximum atomic E-state index is 12.1. The van der Waals surface area contributed by atoms with E-state index in [9.17, 15) is 27.9 Å². The van der Waals surface area contributed by atoms with E-state index in [0.29, 0.717) is 24.2 Å². The first-order valence-electron chi connectivity index (χ1n) is 5.98. The van der Waals surface area contributed by atoms with Crippen LogP contribution in [0.1, 0.15) is 19.3 Å². The Hall–Kier alpha value is -1.31. The fraction of sp³-hybridized carbons (Fsp3) is 0.818. The second-order valence-electron chi connectivity index (χ2n) is 4.64. The van der Waals surface area contributed by atoms with Gasteiger partial charge < -0.3 is 14.9 Å². The number of hydrogen-bond donors (Lipinski definition) is 1. The number of carbonyl (C=O) groups excluding carboxylic acids is 2. The van der Waals surface area contributed by atoms with E-state index in [0.717, 1.165) is 11.9 Å². The zero-order chi connectivity index (χ0) is 14.6. The van der Waals surface area contributed by atoms with Crippen LogP contribution in [0.15, 0.2) is 0 Å². The number of aliphatic hydroxyl groups is 1. The molecule has 0 bridgehead atoms. The molecule has 0 aliphatic carbocycles. The van der Waals surface area contributed by atoms with Crippen LogP contribution in [0.25, 0.3) is 0 Å². The quantitative estimate of drug-likeness (QED) is 0.814. The number of nitrogens with zero attached hydrogens (tertiary/aromatic N) is 2. The first-order valence-corrected chi connectivity index (χ1v) is 5.98. The lowest BCUT2D eigenvalue weighted by molar-refractivity contribution is -0.160. The van der Waals surface area contributed by atoms with Crippen molar-refractivity contribution in [3.8, 4) is 0 Å². The molecular weight excluding hydrogens is 265 g/mol. The predicted molar refractivity (Wildman–Crippen MR) is 60.1 cm³/mol. The Labute approximate surface area is 109 Å². The van der Waals surface area contributed by atoms with Crippen molar-refractivity contribution >= 4 is 11.8 Å². The molecule has 1 aliphatic rings. The lowest BCUT2D eigenvalue weighted by Gasteiger charge is -2.25. The molecule has 1 N–H and O–H groups in total. The van der Waals surface area contributed by atoms with Gasteiger partial charge >= 0.3 is 6.18 Å². The SMILES string of the molecule is CN(CC(F)(F)F)C(=O)CN1CCCCC(O)C1=O. The van der Waals surface area contributed by atoms with Crippen LogP contribution in [0.3, 0.4) is 0 Å². The third kappa shape index (κ3) is 5.06. The second-order valence-corrected chi connectivity index (χ2v) is 4.64. The monoisotopic (exact) mass is 282 g/mol. The van der Waals surface area contributed by atoms with Gasteiger partial charge in [-0.25, -0.2) is 0 Å². The molecule has 1 fully saturated rings. The van der Waals surface area contributed by atoms with Crippen LogP contribution in [0.5, 0.6) is 0 Å². The molecule has 5 nitrogen and oxygen atoms in total. The number of halogens is 3. The number of likely N-dealkylation sites (N-methyl/N-ethyl adjacent to an activating group) is 1. The van der Waals surface area contributed by atoms with Crippen molar-refractivity contribution in [2.45, 2.75) is 31.5 Å². The minimum Gasteiger partial charge on any atom is -0.383 e. The number of amides is 2. The Morgan fingerprint density at radius 3 is 2.68 bits per heavy atom. The molecule has 19 heavy (non-hydrogen) atoms. The molecule has 1 rings (SSSR count). The summed E-state index contributed by atoms with van der Waals surface area (Å²) in [5.74, 6) is -1.38. The molecule has 0 aromatic carbocycles. The minimum absolute atomic E-state index is 0.279. The first kappa shape index (κ1) is 15.7. The van der Waals surface area contributed by atoms with Crippen molar-refractivity contribution in [1.82, 2.24) is 9.80 Å². The Bertz CT molecular complexity index is 347. The molecule has 0 saturated carbocycles. The van der Waals surface area contributed by atoms with Crippen molar-refractivity contribution in [2.75, 3.05) is 26.7 Å². The smallest absolute Gasteiger partial charge is 0.383 e. The van der Waals surface area contributed by atoms with Gasteiger partial charge in [-0.05, 0) is 19.3 Å². The van der Waals surface area contributed by atoms with Crippen LogP contribution in [0, 0.1) is 0 Å². The van der Waals surface area contributed by atoms with Crippen molar-refractivity contribution in [2.24, 2.45) is 0 Å². The zero-order valence-corrected chi connectivity index (χ0v) is 10.6. The molecule has 1 unspecified atom stereocenters. The van der Waals surface area contributed by atoms with Crippen LogP contribution < -0.4 is 0 Å². The van der Waals surface area contributed by atoms with E-state index in [2.05, 4.69) is 0 Å². The summed E-state index contributed by atoms with van der Waals surface area (Å²) in [7, 11) is 1.04. The lowest BCUT2D eigenvalue weighted by Crippen LogP contribution is -2.46. The maximum Gasteiger partial charge on any atom is 0.406 e. The van der Waals surface area contributed by atoms with Crippen molar-refractivity contribution in [3.63, 3.8) is 0 Å². The van der Waals surface area contributed by atoms with Gasteiger partial charge in [0.2, 0.25) is 5.91 Å². The number of hydrogen-bond acceptors (Lipinski definition) is 3. The molecule has 1 saturated heterocycles. The molecule has 2 amide bonds. The number of rotatable bonds is 3. The maximum absolute atomic E-state index is 12.1. The van der Waals surface area contributed by atoms with Gasteiger partial charge in [-0.2, -0.15) is 13.2 Å². The second kappa shape index (κ2) is 6.23. The van der Waals surface area contributed by atoms with E-state index in [1.165, 1.54) is 0 Å². The molecule has 1 heterocycles. The van der Waals surface area contributed by atoms with Gasteiger partial charge in [0, 0.05) is 13.6 Å². The summed E-state index contributed by atoms with van der Waals surface area (Å²) in [6, 6.07) is 0. The summed E-state index contributed by atoms with van der Waals surface area (Å²) in [5, 5.41) is 9.47. The van der Waals surface area contributed by atoms with Crippen LogP contribution in [-0.4, -0.2) is 65.7 Å². The van der Waals surface area contributed by atoms with Gasteiger partial charge in [-0.15, -0.1) is 0 Å². The molecule has 1 aliphatic heterocycles. The number of aliphatic hydroxyl groups excluding tert-OH is 1. The Morgan fingerprint density at radius 2 is 2.11 bits per heavy atom. The standard InChI is InChI=1S/C11H17F3N2O3/c1-15(7-11(12,13)14)9(18)6-16-5-3-2-4-8(17)10(16)19/h8,17H,2-7H2,1H3. The van der Waals surface area contributed by atoms with E-state index in [4.69, 9.17) is 0 Å². The molecule has 8 heteroatoms. The van der Waals surface area contributed by atoms with Gasteiger partial charge in [0.15, 0.2) is 0 Å². The molecular formula is C11H17F3N2O3. The predicted octanol–water partition coefficient (Wildman–Crippen LogP) is 0.381. The number of carbonyl (C=O) groups is 2. The average molecular weight is 282 g/mol. The van der Waals surface area contributed by atoms with E-state index in [-0.39, 0.29) is 6.54 Å². The summed E-state index contributed by atoms with van der Waals surface area (Å²) in [6.45, 7) is -1.50. The molecule has 110 valence electrons. The van der Waals surface area contributed by atoms with E-state index in [1.807, 2.05) is 0 Å². The fourth-order valence-corrected chi connectivity index (χ4v) is 1.88. The highest BCUT2D eigenvalue weighted by Gasteiger charge is 2.33. The van der Waals surface area contributed by atoms with E-state index in [1.54, 1.807) is 0 Å². The summed E-state index contributed by atoms with van der Waals surface area (Å²) >= 11 is 0. The van der Waals surface area contributed by atoms with Crippen LogP contribution >= 0.6 is 0 Å². The Morgan fingerprint density at radius 1 is 1.47 bits per heavy atom. The summed E-state index contributed by atoms with van der Waals surface area (Å²) in [5.41, 5.74) is 0. The van der Waals surface area contributed by atoms with Crippen molar-refractivity contribution < 1.29 is 27.9 Å². The molecule has 0 radical (unpaired) electrons. The number of alkyl halides is 3. The van der Waals surface area contributed by atoms with Gasteiger partial charge in [-0.3, -0.25) is 9.59 Å². The molecule has 0 spiro atoms. The molecule has 0 aromatic rings. The Kier molecular flexibility index (Phi) is 5.16. The minimum atomic E-state index is -4.47. The largest absolute Gasteiger partial charge is 0.406 e. The first-order chi connectivity index (χ1) is 8.70. The topological polar surface area (TPSA) is 60.9 Å². The zero-order valence-electron chi connectivity index (χ0n) is 10.6. The van der Waals surface area contributed by atoms with Crippen LogP contribution in [-0.2, 0) is 9.59 Å². The Balaban J connectivity index is 2.57. The van der Waals surface area contributed by atoms with Gasteiger partial charge in [0.25, 0.3) is 5.91 Å². The van der Waals surface area contributed by atoms with Gasteiger partial charge in [-0.1, -0.05) is 0 Å². The normalized spacial score (nSPS) is 21.2. The highest BCUT2D eigenvalue weighted by atomic mass is 19.4. The summed E-state index contributed by atoms with van der Waals surface area (Å²) in [6.07, 6.45) is -4.04. The highest BCUT2D eigenvalue weighted by molar-refractivity contribution is 5.87. The van der Waals surface area contributed by atoms with Crippen LogP contribution in [0.4, 0.5) is 13.2 Å². The van der Waals surface area contributed by atoms with Crippen LogP contribution in [0.2, 0.25) is 0 Å². The fourth-order valence-electron chi connectivity index (χ4n) is 1.88. The molecule has 1 atom stereocenters. The van der Waals surface area contributed by atoms with Crippen molar-refractivity contribution in [1.29, 1.82) is 0 Å². The third-order valence-corrected chi connectivity index (χ3v) is 2.92. The summed E-state index contributed by atoms with van der Waals surface area (Å²) in [4.78, 5) is 24.9. The van der Waals surface area contributed by atoms with Crippen molar-refractivity contribution in [3.05, 3.63) is 0 Å². The third-order valence-electron chi connectivity index (χ3n) is 2.92. The van der Waals surface area contributed by atoms with E-state index >= 15 is 0 Å². The summed E-state index contributed by atoms with van der Waals surface area (Å²) < 4.78 is 36.4.